The third-order valence-electron chi connectivity index (χ3n) is 2.55. The molecule has 0 radical (unpaired) electrons. The van der Waals surface area contributed by atoms with Crippen molar-refractivity contribution in [2.75, 3.05) is 0 Å². The summed E-state index contributed by atoms with van der Waals surface area (Å²) in [7, 11) is 0. The lowest BCUT2D eigenvalue weighted by molar-refractivity contribution is 0.0950. The van der Waals surface area contributed by atoms with Gasteiger partial charge in [-0.15, -0.1) is 0 Å². The quantitative estimate of drug-likeness (QED) is 0.834. The molecule has 0 aliphatic heterocycles. The van der Waals surface area contributed by atoms with Gasteiger partial charge in [-0.25, -0.2) is 0 Å². The number of para-hydroxylation sites is 1. The third kappa shape index (κ3) is 3.01. The fourth-order valence-electron chi connectivity index (χ4n) is 1.58. The van der Waals surface area contributed by atoms with Crippen LogP contribution in [0.2, 0.25) is 0 Å². The molecule has 2 aromatic rings. The van der Waals surface area contributed by atoms with Crippen LogP contribution in [0.15, 0.2) is 48.5 Å². The molecule has 3 nitrogen and oxygen atoms in total. The van der Waals surface area contributed by atoms with Crippen molar-refractivity contribution in [2.45, 2.75) is 6.54 Å². The van der Waals surface area contributed by atoms with Gasteiger partial charge in [0, 0.05) is 15.7 Å². The lowest BCUT2D eigenvalue weighted by Crippen LogP contribution is -2.23. The van der Waals surface area contributed by atoms with Crippen molar-refractivity contribution in [3.63, 3.8) is 0 Å². The number of rotatable bonds is 3. The molecule has 18 heavy (non-hydrogen) atoms. The molecule has 0 aliphatic carbocycles. The largest absolute Gasteiger partial charge is 0.508 e. The maximum absolute atomic E-state index is 12.0. The Hall–Kier alpha value is -1.56. The fraction of sp³-hybridized carbons (Fsp3) is 0.0714. The van der Waals surface area contributed by atoms with Gasteiger partial charge in [0.25, 0.3) is 5.91 Å². The number of phenolic OH excluding ortho intramolecular Hbond substituents is 1. The van der Waals surface area contributed by atoms with Crippen LogP contribution in [0.1, 0.15) is 15.9 Å². The summed E-state index contributed by atoms with van der Waals surface area (Å²) in [6.45, 7) is 0.316. The second kappa shape index (κ2) is 5.86. The third-order valence-corrected chi connectivity index (χ3v) is 3.49. The molecule has 0 saturated carbocycles. The molecule has 0 atom stereocenters. The topological polar surface area (TPSA) is 49.3 Å². The number of benzene rings is 2. The lowest BCUT2D eigenvalue weighted by atomic mass is 10.2. The van der Waals surface area contributed by atoms with Gasteiger partial charge in [-0.05, 0) is 40.8 Å². The van der Waals surface area contributed by atoms with Crippen LogP contribution in [0, 0.1) is 3.57 Å². The number of amides is 1. The van der Waals surface area contributed by atoms with Crippen LogP contribution in [0.5, 0.6) is 5.75 Å². The fourth-order valence-corrected chi connectivity index (χ4v) is 2.21. The van der Waals surface area contributed by atoms with E-state index in [1.54, 1.807) is 24.3 Å². The van der Waals surface area contributed by atoms with Gasteiger partial charge in [-0.3, -0.25) is 4.79 Å². The Morgan fingerprint density at radius 2 is 1.78 bits per heavy atom. The van der Waals surface area contributed by atoms with E-state index in [2.05, 4.69) is 27.9 Å². The van der Waals surface area contributed by atoms with E-state index in [0.717, 1.165) is 3.57 Å². The van der Waals surface area contributed by atoms with E-state index in [0.29, 0.717) is 17.7 Å². The maximum atomic E-state index is 12.0. The molecule has 0 heterocycles. The number of halogens is 1. The zero-order chi connectivity index (χ0) is 13.0. The molecule has 1 amide bonds. The highest BCUT2D eigenvalue weighted by Gasteiger charge is 2.09. The predicted molar refractivity (Wildman–Crippen MR) is 78.4 cm³/mol. The Morgan fingerprint density at radius 1 is 1.11 bits per heavy atom. The van der Waals surface area contributed by atoms with E-state index in [1.165, 1.54) is 0 Å². The van der Waals surface area contributed by atoms with E-state index in [9.17, 15) is 9.90 Å². The SMILES string of the molecule is O=C(NCc1ccccc1O)c1ccccc1I. The van der Waals surface area contributed by atoms with Gasteiger partial charge in [-0.2, -0.15) is 0 Å². The number of phenols is 1. The van der Waals surface area contributed by atoms with Gasteiger partial charge in [-0.1, -0.05) is 30.3 Å². The highest BCUT2D eigenvalue weighted by Crippen LogP contribution is 2.16. The molecule has 0 saturated heterocycles. The normalized spacial score (nSPS) is 10.1. The van der Waals surface area contributed by atoms with Crippen LogP contribution >= 0.6 is 22.6 Å². The molecule has 0 aromatic heterocycles. The highest BCUT2D eigenvalue weighted by atomic mass is 127. The smallest absolute Gasteiger partial charge is 0.252 e. The molecular formula is C14H12INO2. The minimum atomic E-state index is -0.136. The maximum Gasteiger partial charge on any atom is 0.252 e. The summed E-state index contributed by atoms with van der Waals surface area (Å²) in [6.07, 6.45) is 0. The minimum absolute atomic E-state index is 0.136. The van der Waals surface area contributed by atoms with Crippen LogP contribution in [0.4, 0.5) is 0 Å². The average molecular weight is 353 g/mol. The van der Waals surface area contributed by atoms with Crippen molar-refractivity contribution in [1.29, 1.82) is 0 Å². The van der Waals surface area contributed by atoms with Crippen LogP contribution < -0.4 is 5.32 Å². The van der Waals surface area contributed by atoms with Gasteiger partial charge in [0.05, 0.1) is 5.56 Å². The minimum Gasteiger partial charge on any atom is -0.508 e. The Balaban J connectivity index is 2.06. The van der Waals surface area contributed by atoms with Crippen molar-refractivity contribution in [1.82, 2.24) is 5.32 Å². The second-order valence-electron chi connectivity index (χ2n) is 3.79. The number of hydrogen-bond acceptors (Lipinski definition) is 2. The van der Waals surface area contributed by atoms with Crippen molar-refractivity contribution >= 4 is 28.5 Å². The van der Waals surface area contributed by atoms with Crippen LogP contribution in [0.3, 0.4) is 0 Å². The summed E-state index contributed by atoms with van der Waals surface area (Å²) in [5.74, 6) is 0.0591. The molecule has 0 bridgehead atoms. The number of aromatic hydroxyl groups is 1. The molecular weight excluding hydrogens is 341 g/mol. The first kappa shape index (κ1) is 12.9. The lowest BCUT2D eigenvalue weighted by Gasteiger charge is -2.08. The summed E-state index contributed by atoms with van der Waals surface area (Å²) in [6, 6.07) is 14.4. The van der Waals surface area contributed by atoms with Crippen LogP contribution in [-0.4, -0.2) is 11.0 Å². The van der Waals surface area contributed by atoms with Gasteiger partial charge in [0.2, 0.25) is 0 Å². The standard InChI is InChI=1S/C14H12INO2/c15-12-7-3-2-6-11(12)14(18)16-9-10-5-1-4-8-13(10)17/h1-8,17H,9H2,(H,16,18). The van der Waals surface area contributed by atoms with Gasteiger partial charge in [0.15, 0.2) is 0 Å². The zero-order valence-corrected chi connectivity index (χ0v) is 11.7. The van der Waals surface area contributed by atoms with Crippen molar-refractivity contribution < 1.29 is 9.90 Å². The second-order valence-corrected chi connectivity index (χ2v) is 4.95. The molecule has 0 spiro atoms. The Kier molecular flexibility index (Phi) is 4.19. The Bertz CT molecular complexity index is 569. The summed E-state index contributed by atoms with van der Waals surface area (Å²) in [5, 5.41) is 12.4. The van der Waals surface area contributed by atoms with E-state index >= 15 is 0 Å². The van der Waals surface area contributed by atoms with Crippen LogP contribution in [0.25, 0.3) is 0 Å². The molecule has 2 aromatic carbocycles. The van der Waals surface area contributed by atoms with E-state index in [4.69, 9.17) is 0 Å². The first-order valence-corrected chi connectivity index (χ1v) is 6.56. The van der Waals surface area contributed by atoms with E-state index in [-0.39, 0.29) is 11.7 Å². The molecule has 2 rings (SSSR count). The van der Waals surface area contributed by atoms with E-state index < -0.39 is 0 Å². The van der Waals surface area contributed by atoms with E-state index in [1.807, 2.05) is 24.3 Å². The number of hydrogen-bond donors (Lipinski definition) is 2. The number of carbonyl (C=O) groups is 1. The number of carbonyl (C=O) groups excluding carboxylic acids is 1. The molecule has 92 valence electrons. The molecule has 0 unspecified atom stereocenters. The zero-order valence-electron chi connectivity index (χ0n) is 9.56. The van der Waals surface area contributed by atoms with Crippen LogP contribution in [-0.2, 0) is 6.54 Å². The summed E-state index contributed by atoms with van der Waals surface area (Å²) >= 11 is 2.13. The van der Waals surface area contributed by atoms with Crippen molar-refractivity contribution in [2.24, 2.45) is 0 Å². The average Bonchev–Trinajstić information content (AvgIpc) is 2.38. The monoisotopic (exact) mass is 353 g/mol. The Morgan fingerprint density at radius 3 is 2.50 bits per heavy atom. The van der Waals surface area contributed by atoms with Crippen molar-refractivity contribution in [3.05, 3.63) is 63.2 Å². The highest BCUT2D eigenvalue weighted by molar-refractivity contribution is 14.1. The predicted octanol–water partition coefficient (Wildman–Crippen LogP) is 2.93. The summed E-state index contributed by atoms with van der Waals surface area (Å²) in [5.41, 5.74) is 1.35. The number of nitrogens with one attached hydrogen (secondary N) is 1. The molecule has 2 N–H and O–H groups in total. The van der Waals surface area contributed by atoms with Gasteiger partial charge >= 0.3 is 0 Å². The van der Waals surface area contributed by atoms with Crippen molar-refractivity contribution in [3.8, 4) is 5.75 Å². The molecule has 0 fully saturated rings. The molecule has 4 heteroatoms. The Labute approximate surface area is 119 Å². The first-order valence-electron chi connectivity index (χ1n) is 5.48. The molecule has 0 aliphatic rings. The summed E-state index contributed by atoms with van der Waals surface area (Å²) in [4.78, 5) is 12.0. The summed E-state index contributed by atoms with van der Waals surface area (Å²) < 4.78 is 0.907. The van der Waals surface area contributed by atoms with Gasteiger partial charge < -0.3 is 10.4 Å². The first-order chi connectivity index (χ1) is 8.68. The van der Waals surface area contributed by atoms with Gasteiger partial charge in [0.1, 0.15) is 5.75 Å².